The molecular weight excluding hydrogens is 370 g/mol. The van der Waals surface area contributed by atoms with Gasteiger partial charge in [-0.1, -0.05) is 30.3 Å². The molecule has 0 saturated carbocycles. The first kappa shape index (κ1) is 19.0. The van der Waals surface area contributed by atoms with E-state index in [-0.39, 0.29) is 17.6 Å². The molecule has 0 spiro atoms. The van der Waals surface area contributed by atoms with Gasteiger partial charge in [0.1, 0.15) is 16.8 Å². The van der Waals surface area contributed by atoms with E-state index >= 15 is 0 Å². The Labute approximate surface area is 169 Å². The Morgan fingerprint density at radius 2 is 1.89 bits per heavy atom. The molecule has 3 heterocycles. The van der Waals surface area contributed by atoms with Gasteiger partial charge in [-0.2, -0.15) is 0 Å². The van der Waals surface area contributed by atoms with Gasteiger partial charge in [0.05, 0.1) is 23.6 Å². The highest BCUT2D eigenvalue weighted by Gasteiger charge is 2.40. The number of morpholine rings is 1. The summed E-state index contributed by atoms with van der Waals surface area (Å²) in [5.74, 6) is 0.785. The van der Waals surface area contributed by atoms with Crippen molar-refractivity contribution in [3.05, 3.63) is 57.9 Å². The van der Waals surface area contributed by atoms with E-state index in [0.717, 1.165) is 37.7 Å². The van der Waals surface area contributed by atoms with Crippen LogP contribution in [0.2, 0.25) is 0 Å². The number of hydrogen-bond acceptors (Lipinski definition) is 5. The summed E-state index contributed by atoms with van der Waals surface area (Å²) >= 11 is 1.47. The normalized spacial score (nSPS) is 19.2. The maximum atomic E-state index is 13.6. The zero-order chi connectivity index (χ0) is 20.1. The van der Waals surface area contributed by atoms with Crippen molar-refractivity contribution >= 4 is 27.5 Å². The maximum Gasteiger partial charge on any atom is 0.264 e. The number of hydrogen-bond donors (Lipinski definition) is 0. The van der Waals surface area contributed by atoms with Crippen LogP contribution in [0.15, 0.2) is 30.3 Å². The molecule has 1 fully saturated rings. The molecule has 4 rings (SSSR count). The van der Waals surface area contributed by atoms with Crippen molar-refractivity contribution in [2.45, 2.75) is 46.3 Å². The predicted octanol–water partition coefficient (Wildman–Crippen LogP) is 4.61. The van der Waals surface area contributed by atoms with E-state index in [9.17, 15) is 4.79 Å². The molecule has 0 bridgehead atoms. The van der Waals surface area contributed by atoms with Crippen LogP contribution in [-0.2, 0) is 4.74 Å². The summed E-state index contributed by atoms with van der Waals surface area (Å²) in [6.07, 6.45) is -0.114. The summed E-state index contributed by atoms with van der Waals surface area (Å²) in [6, 6.07) is 10.1. The number of fused-ring (bicyclic) bond motifs is 1. The van der Waals surface area contributed by atoms with Crippen LogP contribution in [0.4, 0.5) is 0 Å². The van der Waals surface area contributed by atoms with E-state index in [1.807, 2.05) is 43.9 Å². The van der Waals surface area contributed by atoms with Crippen LogP contribution in [0.3, 0.4) is 0 Å². The summed E-state index contributed by atoms with van der Waals surface area (Å²) in [7, 11) is 0. The van der Waals surface area contributed by atoms with Gasteiger partial charge in [0.15, 0.2) is 0 Å². The van der Waals surface area contributed by atoms with E-state index in [4.69, 9.17) is 4.74 Å². The Morgan fingerprint density at radius 3 is 2.61 bits per heavy atom. The quantitative estimate of drug-likeness (QED) is 0.636. The van der Waals surface area contributed by atoms with Crippen LogP contribution in [0, 0.1) is 20.8 Å². The topological polar surface area (TPSA) is 55.3 Å². The molecule has 0 N–H and O–H groups in total. The Kier molecular flexibility index (Phi) is 4.71. The number of carbonyl (C=O) groups excluding carboxylic acids is 1. The van der Waals surface area contributed by atoms with Crippen LogP contribution in [0.1, 0.15) is 52.3 Å². The van der Waals surface area contributed by atoms with E-state index in [1.165, 1.54) is 11.3 Å². The van der Waals surface area contributed by atoms with Gasteiger partial charge in [-0.3, -0.25) is 4.79 Å². The van der Waals surface area contributed by atoms with Crippen molar-refractivity contribution in [2.24, 2.45) is 0 Å². The molecule has 6 heteroatoms. The van der Waals surface area contributed by atoms with Crippen molar-refractivity contribution in [3.63, 3.8) is 0 Å². The van der Waals surface area contributed by atoms with Gasteiger partial charge in [-0.05, 0) is 45.7 Å². The average molecular weight is 396 g/mol. The van der Waals surface area contributed by atoms with Gasteiger partial charge in [0, 0.05) is 11.1 Å². The summed E-state index contributed by atoms with van der Waals surface area (Å²) < 4.78 is 6.11. The van der Waals surface area contributed by atoms with Crippen LogP contribution < -0.4 is 0 Å². The fraction of sp³-hybridized carbons (Fsp3) is 0.409. The third kappa shape index (κ3) is 3.20. The predicted molar refractivity (Wildman–Crippen MR) is 112 cm³/mol. The van der Waals surface area contributed by atoms with Gasteiger partial charge in [0.2, 0.25) is 0 Å². The molecule has 146 valence electrons. The van der Waals surface area contributed by atoms with Crippen LogP contribution in [0.5, 0.6) is 0 Å². The summed E-state index contributed by atoms with van der Waals surface area (Å²) in [5.41, 5.74) is 2.63. The number of ether oxygens (including phenoxy) is 1. The second-order valence-electron chi connectivity index (χ2n) is 8.03. The molecule has 0 aliphatic carbocycles. The minimum Gasteiger partial charge on any atom is -0.369 e. The fourth-order valence-electron chi connectivity index (χ4n) is 3.88. The lowest BCUT2D eigenvalue weighted by molar-refractivity contribution is -0.0845. The fourth-order valence-corrected chi connectivity index (χ4v) is 5.10. The molecule has 0 unspecified atom stereocenters. The van der Waals surface area contributed by atoms with E-state index in [1.54, 1.807) is 0 Å². The SMILES string of the molecule is Cc1nc(C)c2c(C)c(C(=O)N3C[C@@H](c4ccccc4)OCC3(C)C)sc2n1. The van der Waals surface area contributed by atoms with Gasteiger partial charge in [-0.15, -0.1) is 11.3 Å². The van der Waals surface area contributed by atoms with E-state index in [2.05, 4.69) is 35.9 Å². The largest absolute Gasteiger partial charge is 0.369 e. The van der Waals surface area contributed by atoms with E-state index in [0.29, 0.717) is 13.2 Å². The second kappa shape index (κ2) is 6.94. The Hall–Kier alpha value is -2.31. The minimum absolute atomic E-state index is 0.0479. The molecule has 2 aromatic heterocycles. The van der Waals surface area contributed by atoms with Crippen molar-refractivity contribution in [2.75, 3.05) is 13.2 Å². The highest BCUT2D eigenvalue weighted by Crippen LogP contribution is 2.36. The molecule has 0 radical (unpaired) electrons. The van der Waals surface area contributed by atoms with Crippen molar-refractivity contribution in [1.82, 2.24) is 14.9 Å². The number of thiophene rings is 1. The molecule has 1 aromatic carbocycles. The van der Waals surface area contributed by atoms with Crippen molar-refractivity contribution in [1.29, 1.82) is 0 Å². The molecule has 1 atom stereocenters. The molecule has 1 aliphatic heterocycles. The van der Waals surface area contributed by atoms with Crippen LogP contribution in [0.25, 0.3) is 10.2 Å². The Morgan fingerprint density at radius 1 is 1.18 bits per heavy atom. The first-order valence-corrected chi connectivity index (χ1v) is 10.3. The number of amides is 1. The highest BCUT2D eigenvalue weighted by atomic mass is 32.1. The second-order valence-corrected chi connectivity index (χ2v) is 9.03. The third-order valence-electron chi connectivity index (χ3n) is 5.41. The van der Waals surface area contributed by atoms with Crippen molar-refractivity contribution < 1.29 is 9.53 Å². The number of aryl methyl sites for hydroxylation is 3. The van der Waals surface area contributed by atoms with Crippen LogP contribution in [-0.4, -0.2) is 39.5 Å². The van der Waals surface area contributed by atoms with Gasteiger partial charge >= 0.3 is 0 Å². The zero-order valence-electron chi connectivity index (χ0n) is 16.9. The number of aromatic nitrogens is 2. The molecule has 1 aliphatic rings. The third-order valence-corrected chi connectivity index (χ3v) is 6.58. The monoisotopic (exact) mass is 395 g/mol. The molecule has 1 saturated heterocycles. The standard InChI is InChI=1S/C22H25N3O2S/c1-13-18-14(2)23-15(3)24-20(18)28-19(13)21(26)25-11-17(27-12-22(25,4)5)16-9-7-6-8-10-16/h6-10,17H,11-12H2,1-5H3/t17-/m0/s1. The smallest absolute Gasteiger partial charge is 0.264 e. The first-order valence-electron chi connectivity index (χ1n) is 9.51. The van der Waals surface area contributed by atoms with Gasteiger partial charge in [-0.25, -0.2) is 9.97 Å². The summed E-state index contributed by atoms with van der Waals surface area (Å²) in [4.78, 5) is 26.2. The molecule has 28 heavy (non-hydrogen) atoms. The molecule has 3 aromatic rings. The average Bonchev–Trinajstić information content (AvgIpc) is 2.98. The first-order chi connectivity index (χ1) is 13.3. The molecular formula is C22H25N3O2S. The summed E-state index contributed by atoms with van der Waals surface area (Å²) in [5, 5.41) is 1.00. The number of benzene rings is 1. The number of nitrogens with zero attached hydrogens (tertiary/aromatic N) is 3. The van der Waals surface area contributed by atoms with Crippen LogP contribution >= 0.6 is 11.3 Å². The lowest BCUT2D eigenvalue weighted by atomic mass is 9.97. The van der Waals surface area contributed by atoms with E-state index < -0.39 is 0 Å². The maximum absolute atomic E-state index is 13.6. The highest BCUT2D eigenvalue weighted by molar-refractivity contribution is 7.20. The van der Waals surface area contributed by atoms with Gasteiger partial charge in [0.25, 0.3) is 5.91 Å². The molecule has 1 amide bonds. The summed E-state index contributed by atoms with van der Waals surface area (Å²) in [6.45, 7) is 11.0. The number of rotatable bonds is 2. The van der Waals surface area contributed by atoms with Crippen molar-refractivity contribution in [3.8, 4) is 0 Å². The lowest BCUT2D eigenvalue weighted by Gasteiger charge is -2.45. The zero-order valence-corrected chi connectivity index (χ0v) is 17.8. The van der Waals surface area contributed by atoms with Gasteiger partial charge < -0.3 is 9.64 Å². The minimum atomic E-state index is -0.373. The number of carbonyl (C=O) groups is 1. The Bertz CT molecular complexity index is 1040. The Balaban J connectivity index is 1.72. The lowest BCUT2D eigenvalue weighted by Crippen LogP contribution is -2.56. The molecule has 5 nitrogen and oxygen atoms in total.